The average molecular weight is 367 g/mol. The van der Waals surface area contributed by atoms with Crippen LogP contribution in [0.4, 0.5) is 0 Å². The third-order valence-corrected chi connectivity index (χ3v) is 5.12. The van der Waals surface area contributed by atoms with E-state index in [-0.39, 0.29) is 18.2 Å². The summed E-state index contributed by atoms with van der Waals surface area (Å²) in [4.78, 5) is 33.4. The molecule has 0 N–H and O–H groups in total. The molecule has 1 atom stereocenters. The minimum atomic E-state index is -1.03. The van der Waals surface area contributed by atoms with Gasteiger partial charge in [-0.3, -0.25) is 14.6 Å². The summed E-state index contributed by atoms with van der Waals surface area (Å²) in [5.74, 6) is -0.0358. The number of methoxy groups -OCH3 is 1. The van der Waals surface area contributed by atoms with Gasteiger partial charge in [-0.25, -0.2) is 0 Å². The lowest BCUT2D eigenvalue weighted by Crippen LogP contribution is -2.55. The van der Waals surface area contributed by atoms with Gasteiger partial charge >= 0.3 is 0 Å². The summed E-state index contributed by atoms with van der Waals surface area (Å²) in [6, 6.07) is 15.1. The number of hydrogen-bond donors (Lipinski definition) is 0. The molecular formula is C21H25N3O3. The minimum absolute atomic E-state index is 0.0401. The molecule has 6 heteroatoms. The van der Waals surface area contributed by atoms with E-state index < -0.39 is 5.60 Å². The Morgan fingerprint density at radius 3 is 2.22 bits per heavy atom. The SMILES string of the molecule is COC(C)(C(=O)N1CCN(C(=O)Cc2ccccn2)CC1)c1ccccc1. The molecule has 1 unspecified atom stereocenters. The molecule has 1 aliphatic rings. The first-order chi connectivity index (χ1) is 13.0. The molecule has 0 bridgehead atoms. The molecule has 3 rings (SSSR count). The first kappa shape index (κ1) is 19.0. The quantitative estimate of drug-likeness (QED) is 0.809. The largest absolute Gasteiger partial charge is 0.364 e. The summed E-state index contributed by atoms with van der Waals surface area (Å²) in [6.07, 6.45) is 1.98. The van der Waals surface area contributed by atoms with E-state index in [4.69, 9.17) is 4.74 Å². The van der Waals surface area contributed by atoms with Gasteiger partial charge < -0.3 is 14.5 Å². The lowest BCUT2D eigenvalue weighted by atomic mass is 9.93. The van der Waals surface area contributed by atoms with Crippen molar-refractivity contribution in [1.82, 2.24) is 14.8 Å². The molecule has 1 fully saturated rings. The molecule has 1 saturated heterocycles. The standard InChI is InChI=1S/C21H25N3O3/c1-21(27-2,17-8-4-3-5-9-17)20(26)24-14-12-23(13-15-24)19(25)16-18-10-6-7-11-22-18/h3-11H,12-16H2,1-2H3. The van der Waals surface area contributed by atoms with Gasteiger partial charge in [0.15, 0.2) is 5.60 Å². The van der Waals surface area contributed by atoms with Gasteiger partial charge in [0, 0.05) is 45.2 Å². The van der Waals surface area contributed by atoms with Gasteiger partial charge in [-0.1, -0.05) is 36.4 Å². The van der Waals surface area contributed by atoms with E-state index in [0.717, 1.165) is 11.3 Å². The second-order valence-corrected chi connectivity index (χ2v) is 6.77. The summed E-state index contributed by atoms with van der Waals surface area (Å²) in [5, 5.41) is 0. The van der Waals surface area contributed by atoms with Crippen LogP contribution in [-0.2, 0) is 26.3 Å². The Bertz CT molecular complexity index is 774. The zero-order valence-corrected chi connectivity index (χ0v) is 15.8. The number of aromatic nitrogens is 1. The van der Waals surface area contributed by atoms with Crippen LogP contribution in [0.3, 0.4) is 0 Å². The van der Waals surface area contributed by atoms with Crippen molar-refractivity contribution in [3.05, 3.63) is 66.0 Å². The molecular weight excluding hydrogens is 342 g/mol. The maximum atomic E-state index is 13.1. The normalized spacial score (nSPS) is 16.7. The number of carbonyl (C=O) groups excluding carboxylic acids is 2. The predicted molar refractivity (Wildman–Crippen MR) is 102 cm³/mol. The van der Waals surface area contributed by atoms with E-state index in [2.05, 4.69) is 4.98 Å². The molecule has 6 nitrogen and oxygen atoms in total. The van der Waals surface area contributed by atoms with Gasteiger partial charge in [-0.15, -0.1) is 0 Å². The van der Waals surface area contributed by atoms with E-state index >= 15 is 0 Å². The van der Waals surface area contributed by atoms with Crippen molar-refractivity contribution < 1.29 is 14.3 Å². The highest BCUT2D eigenvalue weighted by molar-refractivity contribution is 5.86. The van der Waals surface area contributed by atoms with Crippen LogP contribution >= 0.6 is 0 Å². The molecule has 1 aromatic carbocycles. The van der Waals surface area contributed by atoms with Gasteiger partial charge in [0.1, 0.15) is 0 Å². The Morgan fingerprint density at radius 1 is 1.00 bits per heavy atom. The fourth-order valence-corrected chi connectivity index (χ4v) is 3.31. The summed E-state index contributed by atoms with van der Waals surface area (Å²) in [6.45, 7) is 3.83. The summed E-state index contributed by atoms with van der Waals surface area (Å²) < 4.78 is 5.61. The van der Waals surface area contributed by atoms with Crippen molar-refractivity contribution in [1.29, 1.82) is 0 Å². The highest BCUT2D eigenvalue weighted by Gasteiger charge is 2.39. The lowest BCUT2D eigenvalue weighted by molar-refractivity contribution is -0.157. The van der Waals surface area contributed by atoms with Crippen LogP contribution in [-0.4, -0.2) is 59.9 Å². The van der Waals surface area contributed by atoms with Crippen molar-refractivity contribution in [3.63, 3.8) is 0 Å². The molecule has 0 saturated carbocycles. The topological polar surface area (TPSA) is 62.7 Å². The number of benzene rings is 1. The monoisotopic (exact) mass is 367 g/mol. The molecule has 1 aliphatic heterocycles. The molecule has 1 aromatic heterocycles. The van der Waals surface area contributed by atoms with Crippen LogP contribution in [0, 0.1) is 0 Å². The fraction of sp³-hybridized carbons (Fsp3) is 0.381. The molecule has 0 radical (unpaired) electrons. The summed E-state index contributed by atoms with van der Waals surface area (Å²) in [5.41, 5.74) is 0.560. The Kier molecular flexibility index (Phi) is 5.86. The molecule has 2 aromatic rings. The predicted octanol–water partition coefficient (Wildman–Crippen LogP) is 1.86. The summed E-state index contributed by atoms with van der Waals surface area (Å²) in [7, 11) is 1.55. The first-order valence-electron chi connectivity index (χ1n) is 9.12. The van der Waals surface area contributed by atoms with Crippen LogP contribution < -0.4 is 0 Å². The molecule has 2 amide bonds. The van der Waals surface area contributed by atoms with Crippen molar-refractivity contribution in [2.24, 2.45) is 0 Å². The zero-order chi connectivity index (χ0) is 19.3. The second kappa shape index (κ2) is 8.31. The van der Waals surface area contributed by atoms with Crippen molar-refractivity contribution in [3.8, 4) is 0 Å². The summed E-state index contributed by atoms with van der Waals surface area (Å²) >= 11 is 0. The van der Waals surface area contributed by atoms with Gasteiger partial charge in [0.25, 0.3) is 5.91 Å². The fourth-order valence-electron chi connectivity index (χ4n) is 3.31. The third kappa shape index (κ3) is 4.17. The number of carbonyl (C=O) groups is 2. The Balaban J connectivity index is 1.61. The Labute approximate surface area is 159 Å². The number of amides is 2. The van der Waals surface area contributed by atoms with E-state index in [9.17, 15) is 9.59 Å². The Hall–Kier alpha value is -2.73. The molecule has 2 heterocycles. The van der Waals surface area contributed by atoms with Gasteiger partial charge in [0.2, 0.25) is 5.91 Å². The van der Waals surface area contributed by atoms with Gasteiger partial charge in [-0.05, 0) is 24.6 Å². The maximum Gasteiger partial charge on any atom is 0.259 e. The average Bonchev–Trinajstić information content (AvgIpc) is 2.74. The number of ether oxygens (including phenoxy) is 1. The molecule has 27 heavy (non-hydrogen) atoms. The number of nitrogens with zero attached hydrogens (tertiary/aromatic N) is 3. The third-order valence-electron chi connectivity index (χ3n) is 5.12. The molecule has 0 spiro atoms. The van der Waals surface area contributed by atoms with Crippen LogP contribution in [0.5, 0.6) is 0 Å². The molecule has 142 valence electrons. The second-order valence-electron chi connectivity index (χ2n) is 6.77. The first-order valence-corrected chi connectivity index (χ1v) is 9.12. The van der Waals surface area contributed by atoms with Crippen LogP contribution in [0.25, 0.3) is 0 Å². The van der Waals surface area contributed by atoms with Crippen molar-refractivity contribution in [2.75, 3.05) is 33.3 Å². The van der Waals surface area contributed by atoms with Crippen LogP contribution in [0.15, 0.2) is 54.7 Å². The van der Waals surface area contributed by atoms with E-state index in [0.29, 0.717) is 26.2 Å². The Morgan fingerprint density at radius 2 is 1.63 bits per heavy atom. The van der Waals surface area contributed by atoms with E-state index in [1.807, 2.05) is 48.5 Å². The smallest absolute Gasteiger partial charge is 0.259 e. The van der Waals surface area contributed by atoms with Crippen LogP contribution in [0.1, 0.15) is 18.2 Å². The number of rotatable bonds is 5. The van der Waals surface area contributed by atoms with Crippen LogP contribution in [0.2, 0.25) is 0 Å². The highest BCUT2D eigenvalue weighted by Crippen LogP contribution is 2.27. The number of hydrogen-bond acceptors (Lipinski definition) is 4. The zero-order valence-electron chi connectivity index (χ0n) is 15.8. The van der Waals surface area contributed by atoms with Gasteiger partial charge in [-0.2, -0.15) is 0 Å². The number of piperazine rings is 1. The van der Waals surface area contributed by atoms with E-state index in [1.165, 1.54) is 0 Å². The van der Waals surface area contributed by atoms with Crippen molar-refractivity contribution in [2.45, 2.75) is 18.9 Å². The lowest BCUT2D eigenvalue weighted by Gasteiger charge is -2.39. The maximum absolute atomic E-state index is 13.1. The minimum Gasteiger partial charge on any atom is -0.364 e. The van der Waals surface area contributed by atoms with Gasteiger partial charge in [0.05, 0.1) is 6.42 Å². The van der Waals surface area contributed by atoms with Crippen molar-refractivity contribution >= 4 is 11.8 Å². The number of pyridine rings is 1. The molecule has 0 aliphatic carbocycles. The van der Waals surface area contributed by atoms with E-state index in [1.54, 1.807) is 30.0 Å². The highest BCUT2D eigenvalue weighted by atomic mass is 16.5.